The van der Waals surface area contributed by atoms with E-state index in [-0.39, 0.29) is 6.10 Å². The van der Waals surface area contributed by atoms with Crippen LogP contribution >= 0.6 is 11.3 Å². The zero-order valence-corrected chi connectivity index (χ0v) is 17.0. The van der Waals surface area contributed by atoms with E-state index >= 15 is 0 Å². The molecule has 0 amide bonds. The zero-order chi connectivity index (χ0) is 18.9. The van der Waals surface area contributed by atoms with Gasteiger partial charge in [0.15, 0.2) is 5.96 Å². The molecule has 0 saturated heterocycles. The number of guanidine groups is 1. The quantitative estimate of drug-likeness (QED) is 0.435. The molecule has 1 aromatic heterocycles. The number of rotatable bonds is 8. The Bertz CT molecular complexity index is 717. The minimum Gasteiger partial charge on any atom is -0.492 e. The van der Waals surface area contributed by atoms with Crippen LogP contribution < -0.4 is 10.1 Å². The van der Waals surface area contributed by atoms with Gasteiger partial charge in [0.2, 0.25) is 0 Å². The van der Waals surface area contributed by atoms with Gasteiger partial charge in [-0.15, -0.1) is 11.3 Å². The van der Waals surface area contributed by atoms with Crippen molar-refractivity contribution in [3.8, 4) is 5.75 Å². The molecule has 1 heterocycles. The molecule has 1 aromatic carbocycles. The standard InChI is InChI=1S/C19H28N4O2S/c1-14-7-6-8-17(11-14)25-10-9-21-19(20-3)23(4)12-16-13-26-18(22-16)15(2)24-5/h6-8,11,13,15H,9-10,12H2,1-5H3,(H,20,21). The van der Waals surface area contributed by atoms with Crippen molar-refractivity contribution in [3.05, 3.63) is 45.9 Å². The Kier molecular flexibility index (Phi) is 7.87. The van der Waals surface area contributed by atoms with Crippen LogP contribution in [0.2, 0.25) is 0 Å². The summed E-state index contributed by atoms with van der Waals surface area (Å²) in [5.74, 6) is 1.70. The molecule has 0 aliphatic heterocycles. The van der Waals surface area contributed by atoms with Crippen molar-refractivity contribution in [2.24, 2.45) is 4.99 Å². The smallest absolute Gasteiger partial charge is 0.193 e. The second kappa shape index (κ2) is 10.1. The maximum absolute atomic E-state index is 5.76. The number of benzene rings is 1. The van der Waals surface area contributed by atoms with Gasteiger partial charge in [-0.3, -0.25) is 4.99 Å². The van der Waals surface area contributed by atoms with Crippen LogP contribution in [0.15, 0.2) is 34.6 Å². The SMILES string of the molecule is CN=C(NCCOc1cccc(C)c1)N(C)Cc1csc(C(C)OC)n1. The number of ether oxygens (including phenoxy) is 2. The van der Waals surface area contributed by atoms with Gasteiger partial charge in [-0.1, -0.05) is 12.1 Å². The van der Waals surface area contributed by atoms with Crippen molar-refractivity contribution in [3.63, 3.8) is 0 Å². The maximum Gasteiger partial charge on any atom is 0.193 e. The third-order valence-electron chi connectivity index (χ3n) is 3.89. The molecule has 142 valence electrons. The molecular weight excluding hydrogens is 348 g/mol. The Morgan fingerprint density at radius 3 is 2.92 bits per heavy atom. The van der Waals surface area contributed by atoms with E-state index in [0.29, 0.717) is 19.7 Å². The molecular formula is C19H28N4O2S. The number of hydrogen-bond acceptors (Lipinski definition) is 5. The highest BCUT2D eigenvalue weighted by atomic mass is 32.1. The molecule has 7 heteroatoms. The van der Waals surface area contributed by atoms with Crippen LogP contribution in [-0.4, -0.2) is 50.2 Å². The molecule has 1 N–H and O–H groups in total. The number of nitrogens with one attached hydrogen (secondary N) is 1. The summed E-state index contributed by atoms with van der Waals surface area (Å²) in [5, 5.41) is 6.37. The van der Waals surface area contributed by atoms with Crippen LogP contribution in [0.5, 0.6) is 5.75 Å². The first-order valence-corrected chi connectivity index (χ1v) is 9.49. The van der Waals surface area contributed by atoms with Crippen LogP contribution in [0.1, 0.15) is 29.3 Å². The second-order valence-electron chi connectivity index (χ2n) is 6.05. The van der Waals surface area contributed by atoms with Crippen LogP contribution in [0.25, 0.3) is 0 Å². The summed E-state index contributed by atoms with van der Waals surface area (Å²) in [6, 6.07) is 8.05. The van der Waals surface area contributed by atoms with E-state index in [2.05, 4.69) is 33.7 Å². The number of methoxy groups -OCH3 is 1. The fourth-order valence-electron chi connectivity index (χ4n) is 2.42. The molecule has 2 aromatic rings. The summed E-state index contributed by atoms with van der Waals surface area (Å²) < 4.78 is 11.1. The molecule has 0 radical (unpaired) electrons. The summed E-state index contributed by atoms with van der Waals surface area (Å²) in [6.07, 6.45) is 0.0234. The van der Waals surface area contributed by atoms with E-state index in [9.17, 15) is 0 Å². The summed E-state index contributed by atoms with van der Waals surface area (Å²) in [5.41, 5.74) is 2.20. The largest absolute Gasteiger partial charge is 0.492 e. The lowest BCUT2D eigenvalue weighted by molar-refractivity contribution is 0.119. The Balaban J connectivity index is 1.79. The van der Waals surface area contributed by atoms with Crippen LogP contribution in [0, 0.1) is 6.92 Å². The fourth-order valence-corrected chi connectivity index (χ4v) is 3.26. The summed E-state index contributed by atoms with van der Waals surface area (Å²) >= 11 is 1.62. The zero-order valence-electron chi connectivity index (χ0n) is 16.2. The predicted molar refractivity (Wildman–Crippen MR) is 107 cm³/mol. The van der Waals surface area contributed by atoms with Gasteiger partial charge < -0.3 is 19.7 Å². The minimum atomic E-state index is 0.0234. The highest BCUT2D eigenvalue weighted by Crippen LogP contribution is 2.20. The first-order valence-electron chi connectivity index (χ1n) is 8.61. The Morgan fingerprint density at radius 2 is 2.23 bits per heavy atom. The van der Waals surface area contributed by atoms with E-state index in [4.69, 9.17) is 9.47 Å². The number of aromatic nitrogens is 1. The molecule has 1 unspecified atom stereocenters. The molecule has 0 fully saturated rings. The molecule has 1 atom stereocenters. The average molecular weight is 377 g/mol. The normalized spacial score (nSPS) is 12.7. The van der Waals surface area contributed by atoms with Gasteiger partial charge in [-0.2, -0.15) is 0 Å². The Hall–Kier alpha value is -2.12. The number of hydrogen-bond donors (Lipinski definition) is 1. The monoisotopic (exact) mass is 376 g/mol. The molecule has 0 bridgehead atoms. The number of thiazole rings is 1. The molecule has 6 nitrogen and oxygen atoms in total. The van der Waals surface area contributed by atoms with Crippen molar-refractivity contribution < 1.29 is 9.47 Å². The third kappa shape index (κ3) is 6.00. The lowest BCUT2D eigenvalue weighted by Gasteiger charge is -2.21. The number of aryl methyl sites for hydroxylation is 1. The molecule has 0 saturated carbocycles. The first kappa shape index (κ1) is 20.2. The molecule has 0 spiro atoms. The minimum absolute atomic E-state index is 0.0234. The van der Waals surface area contributed by atoms with E-state index in [0.717, 1.165) is 22.4 Å². The van der Waals surface area contributed by atoms with E-state index < -0.39 is 0 Å². The van der Waals surface area contributed by atoms with Gasteiger partial charge in [-0.25, -0.2) is 4.98 Å². The van der Waals surface area contributed by atoms with Gasteiger partial charge in [-0.05, 0) is 31.5 Å². The average Bonchev–Trinajstić information content (AvgIpc) is 3.09. The summed E-state index contributed by atoms with van der Waals surface area (Å²) in [4.78, 5) is 11.0. The van der Waals surface area contributed by atoms with Gasteiger partial charge >= 0.3 is 0 Å². The van der Waals surface area contributed by atoms with Crippen LogP contribution in [0.4, 0.5) is 0 Å². The van der Waals surface area contributed by atoms with Gasteiger partial charge in [0.1, 0.15) is 23.5 Å². The Morgan fingerprint density at radius 1 is 1.42 bits per heavy atom. The van der Waals surface area contributed by atoms with Crippen molar-refractivity contribution in [2.45, 2.75) is 26.5 Å². The lowest BCUT2D eigenvalue weighted by atomic mass is 10.2. The molecule has 26 heavy (non-hydrogen) atoms. The topological polar surface area (TPSA) is 59.0 Å². The summed E-state index contributed by atoms with van der Waals surface area (Å²) in [7, 11) is 5.47. The van der Waals surface area contributed by atoms with E-state index in [1.54, 1.807) is 25.5 Å². The maximum atomic E-state index is 5.76. The van der Waals surface area contributed by atoms with Crippen molar-refractivity contribution in [1.82, 2.24) is 15.2 Å². The van der Waals surface area contributed by atoms with Crippen molar-refractivity contribution in [1.29, 1.82) is 0 Å². The second-order valence-corrected chi connectivity index (χ2v) is 6.94. The highest BCUT2D eigenvalue weighted by Gasteiger charge is 2.12. The van der Waals surface area contributed by atoms with E-state index in [1.165, 1.54) is 5.56 Å². The van der Waals surface area contributed by atoms with Crippen molar-refractivity contribution >= 4 is 17.3 Å². The number of nitrogens with zero attached hydrogens (tertiary/aromatic N) is 3. The van der Waals surface area contributed by atoms with Crippen LogP contribution in [0.3, 0.4) is 0 Å². The van der Waals surface area contributed by atoms with Crippen LogP contribution in [-0.2, 0) is 11.3 Å². The molecule has 0 aliphatic rings. The molecule has 0 aliphatic carbocycles. The van der Waals surface area contributed by atoms with Gasteiger partial charge in [0, 0.05) is 26.6 Å². The van der Waals surface area contributed by atoms with Gasteiger partial charge in [0.25, 0.3) is 0 Å². The van der Waals surface area contributed by atoms with Crippen molar-refractivity contribution in [2.75, 3.05) is 34.4 Å². The fraction of sp³-hybridized carbons (Fsp3) is 0.474. The first-order chi connectivity index (χ1) is 12.5. The summed E-state index contributed by atoms with van der Waals surface area (Å²) in [6.45, 7) is 5.99. The highest BCUT2D eigenvalue weighted by molar-refractivity contribution is 7.09. The third-order valence-corrected chi connectivity index (χ3v) is 4.94. The van der Waals surface area contributed by atoms with Gasteiger partial charge in [0.05, 0.1) is 18.8 Å². The number of aliphatic imine (C=N–C) groups is 1. The lowest BCUT2D eigenvalue weighted by Crippen LogP contribution is -2.40. The van der Waals surface area contributed by atoms with E-state index in [1.807, 2.05) is 37.1 Å². The predicted octanol–water partition coefficient (Wildman–Crippen LogP) is 3.25. The molecule has 2 rings (SSSR count). The Labute approximate surface area is 159 Å².